The summed E-state index contributed by atoms with van der Waals surface area (Å²) >= 11 is 0. The monoisotopic (exact) mass is 221 g/mol. The van der Waals surface area contributed by atoms with E-state index in [2.05, 4.69) is 15.5 Å². The van der Waals surface area contributed by atoms with Crippen LogP contribution in [0.15, 0.2) is 0 Å². The molecule has 2 saturated heterocycles. The Labute approximate surface area is 98.0 Å². The van der Waals surface area contributed by atoms with Gasteiger partial charge in [-0.15, -0.1) is 0 Å². The zero-order chi connectivity index (χ0) is 10.5. The molecule has 2 saturated carbocycles. The van der Waals surface area contributed by atoms with Crippen molar-refractivity contribution in [2.75, 3.05) is 0 Å². The fourth-order valence-corrected chi connectivity index (χ4v) is 4.58. The summed E-state index contributed by atoms with van der Waals surface area (Å²) in [5.74, 6) is 0. The Morgan fingerprint density at radius 2 is 1.19 bits per heavy atom. The van der Waals surface area contributed by atoms with E-state index in [1.54, 1.807) is 0 Å². The molecule has 2 N–H and O–H groups in total. The molecule has 0 aromatic carbocycles. The molecule has 0 aromatic rings. The fourth-order valence-electron chi connectivity index (χ4n) is 4.58. The number of nitrogens with one attached hydrogen (secondary N) is 2. The van der Waals surface area contributed by atoms with E-state index in [4.69, 9.17) is 0 Å². The molecule has 4 unspecified atom stereocenters. The van der Waals surface area contributed by atoms with Gasteiger partial charge >= 0.3 is 0 Å². The topological polar surface area (TPSA) is 27.3 Å². The van der Waals surface area contributed by atoms with E-state index in [-0.39, 0.29) is 0 Å². The highest BCUT2D eigenvalue weighted by Gasteiger charge is 2.51. The molecule has 4 rings (SSSR count). The summed E-state index contributed by atoms with van der Waals surface area (Å²) in [7, 11) is 0. The Kier molecular flexibility index (Phi) is 2.27. The Bertz CT molecular complexity index is 254. The first-order chi connectivity index (χ1) is 7.93. The van der Waals surface area contributed by atoms with Crippen LogP contribution in [0.5, 0.6) is 0 Å². The van der Waals surface area contributed by atoms with Crippen LogP contribution in [0.1, 0.15) is 51.4 Å². The van der Waals surface area contributed by atoms with Crippen LogP contribution in [0.3, 0.4) is 0 Å². The van der Waals surface area contributed by atoms with Crippen molar-refractivity contribution < 1.29 is 0 Å². The SMILES string of the molecule is C1CCC2C(C1)NC1NC3CCCCC3N12. The third-order valence-corrected chi connectivity index (χ3v) is 5.27. The maximum atomic E-state index is 3.83. The van der Waals surface area contributed by atoms with Gasteiger partial charge < -0.3 is 0 Å². The number of nitrogens with zero attached hydrogens (tertiary/aromatic N) is 1. The van der Waals surface area contributed by atoms with E-state index in [0.29, 0.717) is 6.29 Å². The molecule has 0 bridgehead atoms. The lowest BCUT2D eigenvalue weighted by molar-refractivity contribution is 0.128. The first-order valence-electron chi connectivity index (χ1n) is 7.23. The van der Waals surface area contributed by atoms with Crippen molar-refractivity contribution in [1.82, 2.24) is 15.5 Å². The zero-order valence-corrected chi connectivity index (χ0v) is 9.99. The lowest BCUT2D eigenvalue weighted by atomic mass is 9.86. The normalized spacial score (nSPS) is 52.1. The summed E-state index contributed by atoms with van der Waals surface area (Å²) in [6, 6.07) is 3.27. The van der Waals surface area contributed by atoms with Gasteiger partial charge in [0.15, 0.2) is 0 Å². The standard InChI is InChI=1S/C13H23N3/c1-3-7-11-9(5-1)14-13-15-10-6-2-4-8-12(10)16(11)13/h9-15H,1-8H2. The lowest BCUT2D eigenvalue weighted by Crippen LogP contribution is -2.47. The van der Waals surface area contributed by atoms with E-state index >= 15 is 0 Å². The molecule has 2 aliphatic heterocycles. The van der Waals surface area contributed by atoms with Gasteiger partial charge in [0, 0.05) is 24.2 Å². The van der Waals surface area contributed by atoms with Crippen molar-refractivity contribution in [3.05, 3.63) is 0 Å². The van der Waals surface area contributed by atoms with Gasteiger partial charge in [0.1, 0.15) is 6.29 Å². The summed E-state index contributed by atoms with van der Waals surface area (Å²) in [6.45, 7) is 0. The van der Waals surface area contributed by atoms with Gasteiger partial charge in [0.2, 0.25) is 0 Å². The molecule has 0 aromatic heterocycles. The molecule has 90 valence electrons. The van der Waals surface area contributed by atoms with E-state index in [1.165, 1.54) is 51.4 Å². The molecular formula is C13H23N3. The number of hydrogen-bond donors (Lipinski definition) is 2. The summed E-state index contributed by atoms with van der Waals surface area (Å²) in [5.41, 5.74) is 0. The average molecular weight is 221 g/mol. The van der Waals surface area contributed by atoms with Crippen molar-refractivity contribution in [1.29, 1.82) is 0 Å². The van der Waals surface area contributed by atoms with Gasteiger partial charge in [-0.2, -0.15) is 0 Å². The van der Waals surface area contributed by atoms with Crippen LogP contribution in [-0.2, 0) is 0 Å². The summed E-state index contributed by atoms with van der Waals surface area (Å²) in [6.07, 6.45) is 11.9. The van der Waals surface area contributed by atoms with E-state index < -0.39 is 0 Å². The van der Waals surface area contributed by atoms with Gasteiger partial charge in [-0.1, -0.05) is 25.7 Å². The molecule has 2 heterocycles. The smallest absolute Gasteiger partial charge is 0.115 e. The highest BCUT2D eigenvalue weighted by molar-refractivity contribution is 5.07. The summed E-state index contributed by atoms with van der Waals surface area (Å²) in [4.78, 5) is 2.81. The van der Waals surface area contributed by atoms with Crippen molar-refractivity contribution in [2.24, 2.45) is 0 Å². The summed E-state index contributed by atoms with van der Waals surface area (Å²) < 4.78 is 0. The van der Waals surface area contributed by atoms with Crippen molar-refractivity contribution >= 4 is 0 Å². The number of rotatable bonds is 0. The van der Waals surface area contributed by atoms with Crippen molar-refractivity contribution in [2.45, 2.75) is 81.8 Å². The van der Waals surface area contributed by atoms with Gasteiger partial charge in [-0.3, -0.25) is 15.5 Å². The summed E-state index contributed by atoms with van der Waals surface area (Å²) in [5, 5.41) is 7.65. The van der Waals surface area contributed by atoms with Crippen LogP contribution in [0.2, 0.25) is 0 Å². The predicted octanol–water partition coefficient (Wildman–Crippen LogP) is 1.40. The van der Waals surface area contributed by atoms with E-state index in [1.807, 2.05) is 0 Å². The van der Waals surface area contributed by atoms with Crippen molar-refractivity contribution in [3.63, 3.8) is 0 Å². The largest absolute Gasteiger partial charge is 0.285 e. The minimum absolute atomic E-state index is 0.515. The van der Waals surface area contributed by atoms with Crippen LogP contribution in [0, 0.1) is 0 Å². The maximum absolute atomic E-state index is 3.83. The van der Waals surface area contributed by atoms with Crippen LogP contribution in [-0.4, -0.2) is 35.4 Å². The Hall–Kier alpha value is -0.120. The highest BCUT2D eigenvalue weighted by Crippen LogP contribution is 2.38. The second-order valence-corrected chi connectivity index (χ2v) is 6.10. The Balaban J connectivity index is 1.59. The molecule has 0 spiro atoms. The van der Waals surface area contributed by atoms with Gasteiger partial charge in [0.05, 0.1) is 0 Å². The van der Waals surface area contributed by atoms with Crippen LogP contribution in [0.4, 0.5) is 0 Å². The molecule has 4 atom stereocenters. The third kappa shape index (κ3) is 1.31. The molecule has 16 heavy (non-hydrogen) atoms. The number of fused-ring (bicyclic) bond motifs is 5. The molecule has 0 amide bonds. The molecule has 3 nitrogen and oxygen atoms in total. The molecule has 4 aliphatic rings. The predicted molar refractivity (Wildman–Crippen MR) is 64.0 cm³/mol. The fraction of sp³-hybridized carbons (Fsp3) is 1.00. The lowest BCUT2D eigenvalue weighted by Gasteiger charge is -2.37. The van der Waals surface area contributed by atoms with Gasteiger partial charge in [0.25, 0.3) is 0 Å². The molecule has 3 heteroatoms. The zero-order valence-electron chi connectivity index (χ0n) is 9.99. The minimum Gasteiger partial charge on any atom is -0.285 e. The quantitative estimate of drug-likeness (QED) is 0.647. The molecule has 4 fully saturated rings. The van der Waals surface area contributed by atoms with Gasteiger partial charge in [-0.05, 0) is 25.7 Å². The van der Waals surface area contributed by atoms with E-state index in [0.717, 1.165) is 24.2 Å². The Morgan fingerprint density at radius 1 is 0.688 bits per heavy atom. The first kappa shape index (κ1) is 9.86. The molecule has 0 radical (unpaired) electrons. The van der Waals surface area contributed by atoms with E-state index in [9.17, 15) is 0 Å². The second-order valence-electron chi connectivity index (χ2n) is 6.10. The number of hydrogen-bond acceptors (Lipinski definition) is 3. The van der Waals surface area contributed by atoms with Crippen molar-refractivity contribution in [3.8, 4) is 0 Å². The van der Waals surface area contributed by atoms with Crippen LogP contribution >= 0.6 is 0 Å². The highest BCUT2D eigenvalue weighted by atomic mass is 15.5. The second kappa shape index (κ2) is 3.69. The van der Waals surface area contributed by atoms with Gasteiger partial charge in [-0.25, -0.2) is 0 Å². The molecular weight excluding hydrogens is 198 g/mol. The molecule has 2 aliphatic carbocycles. The first-order valence-corrected chi connectivity index (χ1v) is 7.23. The van der Waals surface area contributed by atoms with Crippen LogP contribution < -0.4 is 10.6 Å². The average Bonchev–Trinajstić information content (AvgIpc) is 2.83. The Morgan fingerprint density at radius 3 is 1.75 bits per heavy atom. The maximum Gasteiger partial charge on any atom is 0.115 e. The minimum atomic E-state index is 0.515. The third-order valence-electron chi connectivity index (χ3n) is 5.27. The van der Waals surface area contributed by atoms with Crippen LogP contribution in [0.25, 0.3) is 0 Å².